The fourth-order valence-electron chi connectivity index (χ4n) is 11.4. The SMILES string of the molecule is CCCOc1cc(OCCCCN(C)CC(=O)NCCCCCCC(=O)NCCN2CCN(c3ccc(-c4cc(NC(C)C)c(C=N)c(C(=O)NCc5c(C)cc(C)[nH]c5=O)c4)cn3)CC2)cc(Oc2cc3c(cc2NS(=O)(=O)c2ccc(OC)c(OC)c2)n(C)c(=O)n3C)c1. The molecule has 0 aliphatic carbocycles. The number of carbonyl (C=O) groups excluding carboxylic acids is 3. The van der Waals surface area contributed by atoms with E-state index in [2.05, 4.69) is 40.8 Å². The monoisotopic (exact) mass is 1340 g/mol. The number of anilines is 3. The minimum Gasteiger partial charge on any atom is -0.493 e. The number of unbranched alkanes of at least 4 members (excludes halogenated alkanes) is 4. The summed E-state index contributed by atoms with van der Waals surface area (Å²) in [7, 11) is 3.79. The molecule has 96 heavy (non-hydrogen) atoms. The van der Waals surface area contributed by atoms with Crippen molar-refractivity contribution in [2.75, 3.05) is 108 Å². The molecule has 0 unspecified atom stereocenters. The van der Waals surface area contributed by atoms with Crippen LogP contribution in [0.2, 0.25) is 0 Å². The first-order valence-electron chi connectivity index (χ1n) is 32.7. The zero-order valence-corrected chi connectivity index (χ0v) is 57.7. The number of piperazine rings is 1. The van der Waals surface area contributed by atoms with Crippen LogP contribution in [0.15, 0.2) is 99.5 Å². The molecule has 0 saturated carbocycles. The fraction of sp³-hybridized carbons (Fsp3) is 0.443. The third-order valence-electron chi connectivity index (χ3n) is 16.6. The van der Waals surface area contributed by atoms with Crippen LogP contribution in [-0.2, 0) is 40.3 Å². The molecule has 3 aromatic heterocycles. The molecule has 26 heteroatoms. The molecule has 4 aromatic carbocycles. The predicted octanol–water partition coefficient (Wildman–Crippen LogP) is 8.49. The summed E-state index contributed by atoms with van der Waals surface area (Å²) in [5.74, 6) is 2.43. The summed E-state index contributed by atoms with van der Waals surface area (Å²) in [5.41, 5.74) is 5.53. The van der Waals surface area contributed by atoms with Gasteiger partial charge >= 0.3 is 5.69 Å². The van der Waals surface area contributed by atoms with Gasteiger partial charge < -0.3 is 60.2 Å². The number of rotatable bonds is 36. The smallest absolute Gasteiger partial charge is 0.328 e. The number of ether oxygens (including phenoxy) is 5. The minimum absolute atomic E-state index is 0.0381. The van der Waals surface area contributed by atoms with Gasteiger partial charge in [-0.15, -0.1) is 0 Å². The van der Waals surface area contributed by atoms with Gasteiger partial charge in [0.25, 0.3) is 21.5 Å². The third-order valence-corrected chi connectivity index (χ3v) is 17.9. The van der Waals surface area contributed by atoms with Crippen LogP contribution >= 0.6 is 0 Å². The van der Waals surface area contributed by atoms with Crippen molar-refractivity contribution in [1.82, 2.24) is 44.9 Å². The van der Waals surface area contributed by atoms with Gasteiger partial charge in [0.2, 0.25) is 11.8 Å². The normalized spacial score (nSPS) is 12.6. The molecule has 4 heterocycles. The highest BCUT2D eigenvalue weighted by Crippen LogP contribution is 2.39. The zero-order chi connectivity index (χ0) is 69.1. The van der Waals surface area contributed by atoms with E-state index in [1.165, 1.54) is 47.8 Å². The molecule has 516 valence electrons. The van der Waals surface area contributed by atoms with Gasteiger partial charge in [-0.2, -0.15) is 0 Å². The summed E-state index contributed by atoms with van der Waals surface area (Å²) in [6, 6.07) is 22.1. The number of methoxy groups -OCH3 is 2. The summed E-state index contributed by atoms with van der Waals surface area (Å²) < 4.78 is 62.6. The number of fused-ring (bicyclic) bond motifs is 1. The van der Waals surface area contributed by atoms with E-state index in [1.807, 2.05) is 70.8 Å². The molecule has 7 N–H and O–H groups in total. The quantitative estimate of drug-likeness (QED) is 0.0143. The number of hydrogen-bond acceptors (Lipinski definition) is 18. The Labute approximate surface area is 561 Å². The molecule has 0 radical (unpaired) electrons. The van der Waals surface area contributed by atoms with Crippen LogP contribution in [0.3, 0.4) is 0 Å². The van der Waals surface area contributed by atoms with Crippen LogP contribution in [0.1, 0.15) is 105 Å². The first-order chi connectivity index (χ1) is 46.1. The van der Waals surface area contributed by atoms with Crippen LogP contribution < -0.4 is 65.8 Å². The van der Waals surface area contributed by atoms with Gasteiger partial charge in [0.1, 0.15) is 23.1 Å². The summed E-state index contributed by atoms with van der Waals surface area (Å²) in [4.78, 5) is 79.1. The Balaban J connectivity index is 0.702. The molecule has 0 spiro atoms. The Morgan fingerprint density at radius 3 is 2.11 bits per heavy atom. The van der Waals surface area contributed by atoms with Crippen LogP contribution in [-0.4, -0.2) is 161 Å². The van der Waals surface area contributed by atoms with E-state index >= 15 is 0 Å². The van der Waals surface area contributed by atoms with Crippen molar-refractivity contribution in [3.8, 4) is 45.6 Å². The van der Waals surface area contributed by atoms with E-state index < -0.39 is 15.9 Å². The van der Waals surface area contributed by atoms with E-state index in [-0.39, 0.29) is 64.3 Å². The van der Waals surface area contributed by atoms with Gasteiger partial charge in [0, 0.05) is 150 Å². The number of carbonyl (C=O) groups is 3. The van der Waals surface area contributed by atoms with Crippen molar-refractivity contribution in [3.63, 3.8) is 0 Å². The van der Waals surface area contributed by atoms with Gasteiger partial charge in [-0.3, -0.25) is 42.8 Å². The Bertz CT molecular complexity index is 4090. The van der Waals surface area contributed by atoms with Crippen LogP contribution in [0, 0.1) is 19.3 Å². The lowest BCUT2D eigenvalue weighted by Gasteiger charge is -2.35. The van der Waals surface area contributed by atoms with Gasteiger partial charge in [0.05, 0.1) is 61.2 Å². The van der Waals surface area contributed by atoms with E-state index in [9.17, 15) is 32.4 Å². The largest absolute Gasteiger partial charge is 0.493 e. The number of aromatic amines is 1. The molecule has 25 nitrogen and oxygen atoms in total. The minimum atomic E-state index is -4.22. The van der Waals surface area contributed by atoms with Crippen molar-refractivity contribution < 1.29 is 46.5 Å². The first-order valence-corrected chi connectivity index (χ1v) is 34.2. The van der Waals surface area contributed by atoms with Crippen molar-refractivity contribution >= 4 is 62.2 Å². The van der Waals surface area contributed by atoms with E-state index in [4.69, 9.17) is 34.1 Å². The lowest BCUT2D eigenvalue weighted by atomic mass is 9.97. The number of sulfonamides is 1. The summed E-state index contributed by atoms with van der Waals surface area (Å²) in [6.45, 7) is 16.5. The highest BCUT2D eigenvalue weighted by molar-refractivity contribution is 7.92. The number of likely N-dealkylation sites (N-methyl/N-ethyl adjacent to an activating group) is 1. The predicted molar refractivity (Wildman–Crippen MR) is 375 cm³/mol. The number of imidazole rings is 1. The molecule has 1 aliphatic heterocycles. The summed E-state index contributed by atoms with van der Waals surface area (Å²) >= 11 is 0. The van der Waals surface area contributed by atoms with Crippen LogP contribution in [0.5, 0.6) is 34.5 Å². The lowest BCUT2D eigenvalue weighted by Crippen LogP contribution is -2.48. The topological polar surface area (TPSA) is 298 Å². The number of nitrogens with one attached hydrogen (secondary N) is 7. The van der Waals surface area contributed by atoms with Crippen LogP contribution in [0.25, 0.3) is 22.2 Å². The number of pyridine rings is 2. The van der Waals surface area contributed by atoms with Gasteiger partial charge in [0.15, 0.2) is 17.2 Å². The highest BCUT2D eigenvalue weighted by atomic mass is 32.2. The van der Waals surface area contributed by atoms with E-state index in [1.54, 1.807) is 56.7 Å². The molecular formula is C70H93N13O12S. The van der Waals surface area contributed by atoms with E-state index in [0.29, 0.717) is 102 Å². The average molecular weight is 1340 g/mol. The fourth-order valence-corrected chi connectivity index (χ4v) is 12.5. The van der Waals surface area contributed by atoms with E-state index in [0.717, 1.165) is 99.5 Å². The maximum atomic E-state index is 13.9. The van der Waals surface area contributed by atoms with Crippen molar-refractivity contribution in [1.29, 1.82) is 5.41 Å². The molecule has 1 aliphatic rings. The Kier molecular flexibility index (Phi) is 25.9. The Morgan fingerprint density at radius 2 is 1.44 bits per heavy atom. The number of aryl methyl sites for hydroxylation is 4. The van der Waals surface area contributed by atoms with Crippen LogP contribution in [0.4, 0.5) is 17.2 Å². The number of H-pyrrole nitrogens is 1. The average Bonchev–Trinajstić information content (AvgIpc) is 1.58. The molecule has 0 atom stereocenters. The maximum absolute atomic E-state index is 13.9. The molecule has 7 aromatic rings. The number of benzene rings is 4. The van der Waals surface area contributed by atoms with Crippen molar-refractivity contribution in [2.24, 2.45) is 14.1 Å². The Hall–Kier alpha value is -9.40. The summed E-state index contributed by atoms with van der Waals surface area (Å²) in [6.07, 6.45) is 9.02. The van der Waals surface area contributed by atoms with Crippen molar-refractivity contribution in [2.45, 2.75) is 103 Å². The lowest BCUT2D eigenvalue weighted by molar-refractivity contribution is -0.122. The van der Waals surface area contributed by atoms with Gasteiger partial charge in [-0.25, -0.2) is 18.2 Å². The molecule has 8 rings (SSSR count). The first kappa shape index (κ1) is 72.4. The third kappa shape index (κ3) is 19.6. The number of aromatic nitrogens is 4. The van der Waals surface area contributed by atoms with Gasteiger partial charge in [-0.1, -0.05) is 19.8 Å². The number of hydrogen-bond donors (Lipinski definition) is 7. The molecule has 3 amide bonds. The maximum Gasteiger partial charge on any atom is 0.328 e. The second kappa shape index (κ2) is 34.3. The van der Waals surface area contributed by atoms with Gasteiger partial charge in [-0.05, 0) is 133 Å². The second-order valence-corrected chi connectivity index (χ2v) is 26.1. The standard InChI is InChI=1S/C70H93N13O12S/c1-11-31-93-51-36-52(38-53(37-51)95-63-41-61-60(80(7)70(88)81(61)8)40-59(63)78-96(89,90)54-20-21-62(91-9)64(39-54)92-10)94-32-17-16-25-79(6)45-67(85)72-23-15-13-12-14-18-66(84)73-24-26-82-27-29-83(30-28-82)65-22-19-49(43-74-65)50-34-55(56(42-71)58(35-50)76-46(2)3)68(86)75-44-57-47(4)33-48(5)77-69(57)87/h19-22,33-43,46,71,76,78H,11-18,23-32,44-45H2,1-10H3,(H,72,85)(H,73,84)(H,75,86)(H,77,87). The molecule has 1 fully saturated rings. The zero-order valence-electron chi connectivity index (χ0n) is 56.9. The highest BCUT2D eigenvalue weighted by Gasteiger charge is 2.25. The molecule has 1 saturated heterocycles. The number of nitrogens with zero attached hydrogens (tertiary/aromatic N) is 6. The Morgan fingerprint density at radius 1 is 0.740 bits per heavy atom. The second-order valence-electron chi connectivity index (χ2n) is 24.4. The number of amides is 3. The van der Waals surface area contributed by atoms with Crippen molar-refractivity contribution in [3.05, 3.63) is 134 Å². The summed E-state index contributed by atoms with van der Waals surface area (Å²) in [5, 5.41) is 20.6. The molecule has 0 bridgehead atoms. The molecular weight excluding hydrogens is 1250 g/mol.